The van der Waals surface area contributed by atoms with Crippen molar-refractivity contribution < 1.29 is 83.4 Å². The zero-order chi connectivity index (χ0) is 69.6. The third kappa shape index (κ3) is 39.9. The molecule has 1 aliphatic rings. The molecule has 1 aliphatic carbocycles. The molecule has 0 heterocycles. The van der Waals surface area contributed by atoms with E-state index in [1.807, 2.05) is 24.3 Å². The molecule has 7 aromatic carbocycles. The van der Waals surface area contributed by atoms with Crippen LogP contribution in [0.3, 0.4) is 0 Å². The van der Waals surface area contributed by atoms with Gasteiger partial charge in [-0.1, -0.05) is 195 Å². The van der Waals surface area contributed by atoms with Crippen LogP contribution in [0.25, 0.3) is 11.1 Å². The first kappa shape index (κ1) is 97.9. The largest absolute Gasteiger partial charge is 0.573 e. The fourth-order valence-electron chi connectivity index (χ4n) is 9.26. The average molecular weight is 1410 g/mol. The average Bonchev–Trinajstić information content (AvgIpc) is 0.860. The van der Waals surface area contributed by atoms with Crippen molar-refractivity contribution in [1.82, 2.24) is 0 Å². The van der Waals surface area contributed by atoms with Crippen LogP contribution in [-0.4, -0.2) is 63.8 Å². The van der Waals surface area contributed by atoms with Crippen LogP contribution in [0.15, 0.2) is 158 Å². The Morgan fingerprint density at radius 3 is 1.00 bits per heavy atom. The highest BCUT2D eigenvalue weighted by molar-refractivity contribution is 5.89. The van der Waals surface area contributed by atoms with Gasteiger partial charge >= 0.3 is 36.4 Å². The van der Waals surface area contributed by atoms with Crippen LogP contribution in [-0.2, 0) is 114 Å². The Bertz CT molecular complexity index is 3260. The number of esters is 4. The van der Waals surface area contributed by atoms with Crippen molar-refractivity contribution in [3.8, 4) is 22.6 Å². The zero-order valence-corrected chi connectivity index (χ0v) is 56.2. The summed E-state index contributed by atoms with van der Waals surface area (Å²) < 4.78 is 113. The monoisotopic (exact) mass is 1410 g/mol. The van der Waals surface area contributed by atoms with Crippen LogP contribution in [0.5, 0.6) is 11.5 Å². The minimum Gasteiger partial charge on any atom is -0.497 e. The van der Waals surface area contributed by atoms with E-state index >= 15 is 0 Å². The highest BCUT2D eigenvalue weighted by Gasteiger charge is 2.32. The lowest BCUT2D eigenvalue weighted by Crippen LogP contribution is -2.29. The van der Waals surface area contributed by atoms with E-state index in [1.54, 1.807) is 45.6 Å². The van der Waals surface area contributed by atoms with E-state index < -0.39 is 24.1 Å². The number of halogens is 6. The maximum atomic E-state index is 12.5. The van der Waals surface area contributed by atoms with Crippen LogP contribution in [0, 0.1) is 0 Å². The van der Waals surface area contributed by atoms with Crippen LogP contribution in [0.2, 0.25) is 0 Å². The lowest BCUT2D eigenvalue weighted by molar-refractivity contribution is -0.274. The van der Waals surface area contributed by atoms with E-state index in [1.165, 1.54) is 77.4 Å². The number of carbonyl (C=O) groups excluding carboxylic acids is 4. The topological polar surface area (TPSA) is 142 Å². The quantitative estimate of drug-likeness (QED) is 0.0407. The Morgan fingerprint density at radius 1 is 0.370 bits per heavy atom. The molecule has 8 rings (SSSR count). The lowest BCUT2D eigenvalue weighted by Gasteiger charge is -2.27. The summed E-state index contributed by atoms with van der Waals surface area (Å²) >= 11 is 0. The molecule has 0 aliphatic heterocycles. The molecule has 0 amide bonds. The molecular formula is C82H116F6O12. The molecule has 0 saturated heterocycles. The number of alkyl halides is 6. The summed E-state index contributed by atoms with van der Waals surface area (Å²) in [6.07, 6.45) is -0.869. The molecule has 558 valence electrons. The number of carbonyl (C=O) groups is 4. The van der Waals surface area contributed by atoms with Gasteiger partial charge in [0.2, 0.25) is 0 Å². The molecule has 0 radical (unpaired) electrons. The van der Waals surface area contributed by atoms with Crippen molar-refractivity contribution in [2.45, 2.75) is 222 Å². The minimum atomic E-state index is -4.67. The van der Waals surface area contributed by atoms with Gasteiger partial charge in [0.15, 0.2) is 0 Å². The molecule has 0 spiro atoms. The Kier molecular flexibility index (Phi) is 51.4. The molecule has 18 heteroatoms. The van der Waals surface area contributed by atoms with E-state index in [4.69, 9.17) is 33.2 Å². The van der Waals surface area contributed by atoms with Crippen molar-refractivity contribution in [1.29, 1.82) is 0 Å². The molecule has 0 N–H and O–H groups in total. The Labute approximate surface area is 595 Å². The summed E-state index contributed by atoms with van der Waals surface area (Å²) in [5.74, 6) is -0.954. The van der Waals surface area contributed by atoms with Gasteiger partial charge in [-0.25, -0.2) is 4.79 Å². The number of hydrogen-bond donors (Lipinski definition) is 0. The van der Waals surface area contributed by atoms with Crippen LogP contribution in [0.1, 0.15) is 204 Å². The van der Waals surface area contributed by atoms with E-state index in [-0.39, 0.29) is 86.0 Å². The number of rotatable bonds is 20. The normalized spacial score (nSPS) is 12.3. The van der Waals surface area contributed by atoms with Crippen LogP contribution >= 0.6 is 0 Å². The molecule has 0 atom stereocenters. The van der Waals surface area contributed by atoms with Gasteiger partial charge in [-0.15, -0.1) is 13.2 Å². The van der Waals surface area contributed by atoms with Crippen molar-refractivity contribution in [3.63, 3.8) is 0 Å². The van der Waals surface area contributed by atoms with E-state index in [0.717, 1.165) is 97.4 Å². The number of aryl methyl sites for hydroxylation is 6. The highest BCUT2D eigenvalue weighted by atomic mass is 19.4. The second kappa shape index (κ2) is 52.5. The third-order valence-corrected chi connectivity index (χ3v) is 14.4. The van der Waals surface area contributed by atoms with Crippen molar-refractivity contribution in [3.05, 3.63) is 224 Å². The van der Waals surface area contributed by atoms with E-state index in [9.17, 15) is 45.5 Å². The lowest BCUT2D eigenvalue weighted by atomic mass is 9.95. The Balaban J connectivity index is -0.000000556. The first-order valence-corrected chi connectivity index (χ1v) is 31.5. The van der Waals surface area contributed by atoms with Gasteiger partial charge in [-0.3, -0.25) is 14.4 Å². The molecule has 1 fully saturated rings. The summed E-state index contributed by atoms with van der Waals surface area (Å²) in [6, 6.07) is 46.6. The molecule has 12 nitrogen and oxygen atoms in total. The molecule has 1 saturated carbocycles. The summed E-state index contributed by atoms with van der Waals surface area (Å²) in [7, 11) is 5.02. The smallest absolute Gasteiger partial charge is 0.497 e. The fraction of sp³-hybridized carbons (Fsp3) is 0.439. The van der Waals surface area contributed by atoms with E-state index in [2.05, 4.69) is 119 Å². The summed E-state index contributed by atoms with van der Waals surface area (Å²) in [6.45, 7) is 19.3. The van der Waals surface area contributed by atoms with Gasteiger partial charge in [-0.2, -0.15) is 13.2 Å². The summed E-state index contributed by atoms with van der Waals surface area (Å²) in [5, 5.41) is 0. The van der Waals surface area contributed by atoms with Crippen molar-refractivity contribution in [2.24, 2.45) is 0 Å². The van der Waals surface area contributed by atoms with Gasteiger partial charge in [-0.05, 0) is 180 Å². The number of hydrogen-bond acceptors (Lipinski definition) is 12. The van der Waals surface area contributed by atoms with Crippen molar-refractivity contribution >= 4 is 23.9 Å². The molecule has 0 bridgehead atoms. The van der Waals surface area contributed by atoms with Gasteiger partial charge in [0.25, 0.3) is 0 Å². The number of ether oxygens (including phenoxy) is 8. The predicted octanol–water partition coefficient (Wildman–Crippen LogP) is 22.4. The van der Waals surface area contributed by atoms with Crippen LogP contribution in [0.4, 0.5) is 26.3 Å². The highest BCUT2D eigenvalue weighted by Crippen LogP contribution is 2.31. The third-order valence-electron chi connectivity index (χ3n) is 14.4. The standard InChI is InChI=1S/C16H17F3O4.C14H11F3O2.C13H18O2.C12H18O.C11H14O2.C10H14O.6CH4/c1-10(20)22-13-6-8-14(9-7-13)23-15(21)11-2-4-12(5-3-11)16(17,18)19;1-18-12-6-2-10(3-7-12)11-4-8-13(9-5-11)19-14(15,16)17;1-4-11-6-12(5-2)8-13(7-11)9-15-10(3)14;1-4-10-6-11(5-2)8-12(7-10)9-13-3;1-3-10-4-6-11(7-5-10)8-13-9(2)12;1-3-9-4-6-10(7-5-9)8-11-2;;;;;;/h2-5,13-14H,6-9H2,1H3;2-9H,1H3;6-8H,4-5,9H2,1-3H3;6-8H,4-5,9H2,1-3H3;4-7H,3,8H2,1-2H3;4-7H,3,8H2,1-2H3;6*1H4. The first-order chi connectivity index (χ1) is 44.8. The fourth-order valence-corrected chi connectivity index (χ4v) is 9.26. The minimum absolute atomic E-state index is 0. The van der Waals surface area contributed by atoms with Gasteiger partial charge < -0.3 is 37.9 Å². The van der Waals surface area contributed by atoms with Crippen molar-refractivity contribution in [2.75, 3.05) is 21.3 Å². The molecular weight excluding hydrogens is 1290 g/mol. The summed E-state index contributed by atoms with van der Waals surface area (Å²) in [5.41, 5.74) is 13.7. The Hall–Kier alpha value is -8.48. The molecule has 7 aromatic rings. The zero-order valence-electron chi connectivity index (χ0n) is 56.2. The second-order valence-electron chi connectivity index (χ2n) is 21.8. The van der Waals surface area contributed by atoms with E-state index in [0.29, 0.717) is 45.5 Å². The maximum absolute atomic E-state index is 12.5. The predicted molar refractivity (Wildman–Crippen MR) is 395 cm³/mol. The molecule has 100 heavy (non-hydrogen) atoms. The number of methoxy groups -OCH3 is 3. The SMILES string of the molecule is C.C.C.C.C.C.CC(=O)OC1CCC(OC(=O)c2ccc(C(F)(F)F)cc2)CC1.CCc1cc(CC)cc(COC(C)=O)c1.CCc1cc(CC)cc(COC)c1.CCc1ccc(COC(C)=O)cc1.CCc1ccc(COC)cc1.COc1ccc(-c2ccc(OC(F)(F)F)cc2)cc1. The second-order valence-corrected chi connectivity index (χ2v) is 21.8. The first-order valence-electron chi connectivity index (χ1n) is 31.5. The van der Waals surface area contributed by atoms with Gasteiger partial charge in [0.1, 0.15) is 36.9 Å². The summed E-state index contributed by atoms with van der Waals surface area (Å²) in [4.78, 5) is 44.0. The maximum Gasteiger partial charge on any atom is 0.573 e. The Morgan fingerprint density at radius 2 is 0.680 bits per heavy atom. The molecule has 0 aromatic heterocycles. The van der Waals surface area contributed by atoms with Crippen LogP contribution < -0.4 is 9.47 Å². The van der Waals surface area contributed by atoms with Gasteiger partial charge in [0, 0.05) is 35.0 Å². The molecule has 0 unspecified atom stereocenters. The number of benzene rings is 7. The van der Waals surface area contributed by atoms with Gasteiger partial charge in [0.05, 0.1) is 31.5 Å².